The number of thiophene rings is 1. The van der Waals surface area contributed by atoms with Crippen molar-refractivity contribution >= 4 is 51.0 Å². The lowest BCUT2D eigenvalue weighted by Crippen LogP contribution is -2.58. The number of hydrogen-bond donors (Lipinski definition) is 0. The standard InChI is InChI=1S/C33H22BNO2S/c1-21-17-27-29-28(18-21)37-31-25(22-11-5-2-6-12-22)19-36-32(31)34(29)33-30(35(27)24-15-9-4-10-16-24)26(20-38-33)23-13-7-3-8-14-23/h2-20H,1H3/i2D,3D,4D,5D,6D,7D,8D,9D,10D,11D,12D,13D,14D,15D,16D,17D,18D,19D,20D. The molecule has 8 rings (SSSR count). The average molecular weight is 527 g/mol. The zero-order valence-corrected chi connectivity index (χ0v) is 20.1. The third kappa shape index (κ3) is 3.09. The van der Waals surface area contributed by atoms with Gasteiger partial charge < -0.3 is 14.1 Å². The minimum absolute atomic E-state index is 0.0240. The molecule has 2 aliphatic heterocycles. The predicted octanol–water partition coefficient (Wildman–Crippen LogP) is 7.39. The number of furan rings is 1. The smallest absolute Gasteiger partial charge is 0.313 e. The second-order valence-corrected chi connectivity index (χ2v) is 9.22. The van der Waals surface area contributed by atoms with Crippen molar-refractivity contribution in [3.63, 3.8) is 0 Å². The first-order valence-corrected chi connectivity index (χ1v) is 12.1. The molecule has 0 N–H and O–H groups in total. The van der Waals surface area contributed by atoms with Crippen LogP contribution in [0.15, 0.2) is 119 Å². The molecular formula is C33H22BNO2S. The topological polar surface area (TPSA) is 25.6 Å². The first-order chi connectivity index (χ1) is 26.7. The van der Waals surface area contributed by atoms with E-state index in [9.17, 15) is 2.74 Å². The van der Waals surface area contributed by atoms with Gasteiger partial charge in [-0.25, -0.2) is 0 Å². The van der Waals surface area contributed by atoms with Crippen molar-refractivity contribution in [2.24, 2.45) is 0 Å². The summed E-state index contributed by atoms with van der Waals surface area (Å²) in [5.41, 5.74) is -2.97. The Morgan fingerprint density at radius 2 is 1.47 bits per heavy atom. The van der Waals surface area contributed by atoms with Crippen molar-refractivity contribution in [2.75, 3.05) is 4.90 Å². The second-order valence-electron chi connectivity index (χ2n) is 8.37. The molecule has 0 unspecified atom stereocenters. The third-order valence-corrected chi connectivity index (χ3v) is 7.18. The minimum Gasteiger partial charge on any atom is -0.474 e. The summed E-state index contributed by atoms with van der Waals surface area (Å²) in [7, 11) is 0. The molecule has 4 heterocycles. The molecule has 0 spiro atoms. The third-order valence-electron chi connectivity index (χ3n) is 6.23. The summed E-state index contributed by atoms with van der Waals surface area (Å²) >= 11 is 0.687. The van der Waals surface area contributed by atoms with Gasteiger partial charge in [-0.2, -0.15) is 11.3 Å². The molecule has 4 aromatic carbocycles. The van der Waals surface area contributed by atoms with Crippen molar-refractivity contribution in [1.29, 1.82) is 0 Å². The van der Waals surface area contributed by atoms with E-state index in [1.165, 1.54) is 6.92 Å². The van der Waals surface area contributed by atoms with E-state index >= 15 is 0 Å². The van der Waals surface area contributed by atoms with Crippen molar-refractivity contribution < 1.29 is 35.2 Å². The van der Waals surface area contributed by atoms with Gasteiger partial charge >= 0.3 is 6.71 Å². The van der Waals surface area contributed by atoms with E-state index < -0.39 is 132 Å². The number of rotatable bonds is 3. The van der Waals surface area contributed by atoms with Crippen molar-refractivity contribution in [2.45, 2.75) is 6.92 Å². The highest BCUT2D eigenvalue weighted by Gasteiger charge is 2.47. The van der Waals surface area contributed by atoms with Crippen LogP contribution in [0.3, 0.4) is 0 Å². The first kappa shape index (κ1) is 10.0. The van der Waals surface area contributed by atoms with Crippen LogP contribution in [0.5, 0.6) is 11.5 Å². The van der Waals surface area contributed by atoms with E-state index in [1.54, 1.807) is 0 Å². The Morgan fingerprint density at radius 3 is 2.18 bits per heavy atom. The molecule has 2 aliphatic rings. The fourth-order valence-corrected chi connectivity index (χ4v) is 5.80. The summed E-state index contributed by atoms with van der Waals surface area (Å²) in [5, 5.41) is -0.420. The number of nitrogens with zero attached hydrogens (tertiary/aromatic N) is 1. The molecule has 0 saturated carbocycles. The molecule has 5 heteroatoms. The highest BCUT2D eigenvalue weighted by atomic mass is 32.1. The van der Waals surface area contributed by atoms with Gasteiger partial charge in [0.15, 0.2) is 5.75 Å². The van der Waals surface area contributed by atoms with Gasteiger partial charge in [-0.1, -0.05) is 78.6 Å². The van der Waals surface area contributed by atoms with Crippen LogP contribution in [0.25, 0.3) is 22.3 Å². The summed E-state index contributed by atoms with van der Waals surface area (Å²) in [6.45, 7) is 0.0194. The van der Waals surface area contributed by atoms with Gasteiger partial charge in [0, 0.05) is 32.5 Å². The van der Waals surface area contributed by atoms with Crippen LogP contribution in [0.2, 0.25) is 0 Å². The number of hydrogen-bond acceptors (Lipinski definition) is 4. The van der Waals surface area contributed by atoms with Gasteiger partial charge in [0.25, 0.3) is 0 Å². The highest BCUT2D eigenvalue weighted by Crippen LogP contribution is 2.47. The SMILES string of the molecule is [2H]c1oc2c(c1-c1c([2H])c([2H])c([2H])c([2H])c1[2H])Oc1c([2H])c(C)c([2H])c3c1B2c1sc([2H])c(-c2c([2H])c([2H])c([2H])c([2H])c2[2H])c1N3c1c([2H])c([2H])c([2H])c([2H])c1[2H]. The number of benzene rings is 4. The lowest BCUT2D eigenvalue weighted by atomic mass is 9.39. The Labute approximate surface area is 252 Å². The fourth-order valence-electron chi connectivity index (χ4n) is 4.76. The zero-order chi connectivity index (χ0) is 41.8. The fraction of sp³-hybridized carbons (Fsp3) is 0.0303. The zero-order valence-electron chi connectivity index (χ0n) is 38.2. The number of ether oxygens (including phenoxy) is 1. The monoisotopic (exact) mass is 526 g/mol. The molecule has 0 amide bonds. The maximum Gasteiger partial charge on any atom is 0.313 e. The Balaban J connectivity index is 1.59. The molecule has 0 atom stereocenters. The van der Waals surface area contributed by atoms with E-state index in [-0.39, 0.29) is 61.5 Å². The molecule has 0 fully saturated rings. The lowest BCUT2D eigenvalue weighted by molar-refractivity contribution is 0.478. The van der Waals surface area contributed by atoms with E-state index in [0.29, 0.717) is 11.3 Å². The van der Waals surface area contributed by atoms with Gasteiger partial charge in [0.05, 0.1) is 35.9 Å². The largest absolute Gasteiger partial charge is 0.474 e. The maximum absolute atomic E-state index is 9.41. The van der Waals surface area contributed by atoms with Crippen LogP contribution in [0.1, 0.15) is 31.6 Å². The van der Waals surface area contributed by atoms with E-state index in [0.717, 1.165) is 4.90 Å². The van der Waals surface area contributed by atoms with Gasteiger partial charge in [-0.05, 0) is 47.8 Å². The molecule has 6 aromatic rings. The van der Waals surface area contributed by atoms with E-state index in [1.807, 2.05) is 0 Å². The van der Waals surface area contributed by atoms with Crippen LogP contribution in [0.4, 0.5) is 17.1 Å². The highest BCUT2D eigenvalue weighted by molar-refractivity contribution is 7.28. The van der Waals surface area contributed by atoms with Gasteiger partial charge in [0.2, 0.25) is 0 Å². The van der Waals surface area contributed by atoms with Gasteiger partial charge in [-0.15, -0.1) is 0 Å². The van der Waals surface area contributed by atoms with Crippen LogP contribution < -0.4 is 25.5 Å². The molecular weight excluding hydrogens is 485 g/mol. The Kier molecular flexibility index (Phi) is 2.18. The Bertz CT molecular complexity index is 2790. The quantitative estimate of drug-likeness (QED) is 0.225. The summed E-state index contributed by atoms with van der Waals surface area (Å²) in [6.07, 6.45) is -0.717. The van der Waals surface area contributed by atoms with Gasteiger partial charge in [-0.3, -0.25) is 0 Å². The van der Waals surface area contributed by atoms with Crippen LogP contribution in [-0.2, 0) is 0 Å². The second kappa shape index (κ2) is 8.27. The molecule has 180 valence electrons. The summed E-state index contributed by atoms with van der Waals surface area (Å²) in [5.74, 6) is -0.614. The molecule has 3 nitrogen and oxygen atoms in total. The number of anilines is 3. The summed E-state index contributed by atoms with van der Waals surface area (Å²) in [6, 6.07) is -11.8. The predicted molar refractivity (Wildman–Crippen MR) is 158 cm³/mol. The number of fused-ring (bicyclic) bond motifs is 4. The number of para-hydroxylation sites is 1. The minimum atomic E-state index is -1.36. The summed E-state index contributed by atoms with van der Waals surface area (Å²) in [4.78, 5) is 1.08. The van der Waals surface area contributed by atoms with Crippen molar-refractivity contribution in [3.8, 4) is 33.8 Å². The normalized spacial score (nSPS) is 20.0. The first-order valence-electron chi connectivity index (χ1n) is 20.8. The van der Waals surface area contributed by atoms with E-state index in [4.69, 9.17) is 32.5 Å². The van der Waals surface area contributed by atoms with Crippen LogP contribution in [-0.4, -0.2) is 6.71 Å². The summed E-state index contributed by atoms with van der Waals surface area (Å²) < 4.78 is 177. The Hall–Kier alpha value is -4.48. The van der Waals surface area contributed by atoms with Crippen LogP contribution in [0, 0.1) is 6.92 Å². The molecule has 0 radical (unpaired) electrons. The molecule has 38 heavy (non-hydrogen) atoms. The lowest BCUT2D eigenvalue weighted by Gasteiger charge is -2.38. The Morgan fingerprint density at radius 1 is 0.816 bits per heavy atom. The molecule has 0 aliphatic carbocycles. The molecule has 0 saturated heterocycles. The van der Waals surface area contributed by atoms with E-state index in [2.05, 4.69) is 0 Å². The van der Waals surface area contributed by atoms with Crippen molar-refractivity contribution in [3.05, 3.63) is 120 Å². The molecule has 0 bridgehead atoms. The average Bonchev–Trinajstić information content (AvgIpc) is 3.69. The van der Waals surface area contributed by atoms with Crippen LogP contribution >= 0.6 is 11.3 Å². The van der Waals surface area contributed by atoms with Gasteiger partial charge in [0.1, 0.15) is 19.0 Å². The van der Waals surface area contributed by atoms with Crippen molar-refractivity contribution in [1.82, 2.24) is 0 Å². The molecule has 2 aromatic heterocycles. The maximum atomic E-state index is 9.41.